The summed E-state index contributed by atoms with van der Waals surface area (Å²) < 4.78 is 16.0. The van der Waals surface area contributed by atoms with Gasteiger partial charge in [-0.2, -0.15) is 5.10 Å². The molecule has 3 rings (SSSR count). The van der Waals surface area contributed by atoms with Crippen LogP contribution < -0.4 is 5.32 Å². The lowest BCUT2D eigenvalue weighted by molar-refractivity contribution is 0.598. The lowest BCUT2D eigenvalue weighted by Crippen LogP contribution is -2.02. The van der Waals surface area contributed by atoms with Crippen molar-refractivity contribution in [3.8, 4) is 5.69 Å². The molecule has 3 aromatic rings. The van der Waals surface area contributed by atoms with Gasteiger partial charge in [-0.1, -0.05) is 25.1 Å². The molecule has 0 atom stereocenters. The van der Waals surface area contributed by atoms with E-state index < -0.39 is 5.82 Å². The number of rotatable bonds is 4. The van der Waals surface area contributed by atoms with Crippen LogP contribution in [0.4, 0.5) is 15.9 Å². The predicted molar refractivity (Wildman–Crippen MR) is 83.0 cm³/mol. The van der Waals surface area contributed by atoms with Gasteiger partial charge in [-0.25, -0.2) is 19.0 Å². The lowest BCUT2D eigenvalue weighted by Gasteiger charge is -2.06. The number of anilines is 2. The molecule has 0 unspecified atom stereocenters. The van der Waals surface area contributed by atoms with Gasteiger partial charge in [0.25, 0.3) is 0 Å². The molecule has 112 valence electrons. The zero-order valence-electron chi connectivity index (χ0n) is 12.4. The van der Waals surface area contributed by atoms with E-state index in [2.05, 4.69) is 20.4 Å². The van der Waals surface area contributed by atoms with Crippen molar-refractivity contribution >= 4 is 11.5 Å². The maximum Gasteiger partial charge on any atom is 0.187 e. The SMILES string of the molecule is CCc1ncnc(Nc2cn(-c3ccccc3)nc2C)c1F. The van der Waals surface area contributed by atoms with Gasteiger partial charge in [0.1, 0.15) is 6.33 Å². The summed E-state index contributed by atoms with van der Waals surface area (Å²) in [6.07, 6.45) is 3.70. The van der Waals surface area contributed by atoms with E-state index in [1.165, 1.54) is 6.33 Å². The summed E-state index contributed by atoms with van der Waals surface area (Å²) in [5.41, 5.74) is 2.81. The number of aromatic nitrogens is 4. The summed E-state index contributed by atoms with van der Waals surface area (Å²) in [6.45, 7) is 3.72. The summed E-state index contributed by atoms with van der Waals surface area (Å²) in [6, 6.07) is 9.74. The minimum Gasteiger partial charge on any atom is -0.335 e. The van der Waals surface area contributed by atoms with E-state index >= 15 is 0 Å². The number of aryl methyl sites for hydroxylation is 2. The highest BCUT2D eigenvalue weighted by molar-refractivity contribution is 5.59. The number of benzene rings is 1. The topological polar surface area (TPSA) is 55.6 Å². The van der Waals surface area contributed by atoms with Crippen LogP contribution in [-0.2, 0) is 6.42 Å². The maximum atomic E-state index is 14.2. The van der Waals surface area contributed by atoms with Crippen molar-refractivity contribution in [3.63, 3.8) is 0 Å². The number of hydrogen-bond acceptors (Lipinski definition) is 4. The third-order valence-electron chi connectivity index (χ3n) is 3.37. The third kappa shape index (κ3) is 2.67. The minimum absolute atomic E-state index is 0.169. The maximum absolute atomic E-state index is 14.2. The van der Waals surface area contributed by atoms with Gasteiger partial charge in [-0.05, 0) is 25.5 Å². The molecule has 2 heterocycles. The predicted octanol–water partition coefficient (Wildman–Crippen LogP) is 3.42. The van der Waals surface area contributed by atoms with Crippen molar-refractivity contribution in [3.05, 3.63) is 60.1 Å². The van der Waals surface area contributed by atoms with Crippen molar-refractivity contribution in [2.45, 2.75) is 20.3 Å². The highest BCUT2D eigenvalue weighted by Gasteiger charge is 2.13. The van der Waals surface area contributed by atoms with Crippen molar-refractivity contribution < 1.29 is 4.39 Å². The molecule has 0 aliphatic heterocycles. The van der Waals surface area contributed by atoms with Crippen LogP contribution in [0.5, 0.6) is 0 Å². The molecule has 1 aromatic carbocycles. The van der Waals surface area contributed by atoms with Crippen LogP contribution in [0, 0.1) is 12.7 Å². The summed E-state index contributed by atoms with van der Waals surface area (Å²) >= 11 is 0. The van der Waals surface area contributed by atoms with Gasteiger partial charge in [0.15, 0.2) is 11.6 Å². The summed E-state index contributed by atoms with van der Waals surface area (Å²) in [4.78, 5) is 7.90. The molecule has 2 aromatic heterocycles. The fourth-order valence-corrected chi connectivity index (χ4v) is 2.16. The van der Waals surface area contributed by atoms with Crippen molar-refractivity contribution in [2.24, 2.45) is 0 Å². The molecule has 0 radical (unpaired) electrons. The Labute approximate surface area is 127 Å². The van der Waals surface area contributed by atoms with Crippen LogP contribution >= 0.6 is 0 Å². The van der Waals surface area contributed by atoms with Crippen molar-refractivity contribution in [2.75, 3.05) is 5.32 Å². The number of nitrogens with one attached hydrogen (secondary N) is 1. The van der Waals surface area contributed by atoms with Gasteiger partial charge in [-0.15, -0.1) is 0 Å². The molecule has 6 heteroatoms. The molecule has 0 amide bonds. The molecular formula is C16H16FN5. The highest BCUT2D eigenvalue weighted by Crippen LogP contribution is 2.22. The first-order valence-electron chi connectivity index (χ1n) is 7.07. The molecule has 0 aliphatic rings. The Kier molecular flexibility index (Phi) is 3.82. The zero-order valence-corrected chi connectivity index (χ0v) is 12.4. The van der Waals surface area contributed by atoms with Crippen molar-refractivity contribution in [1.82, 2.24) is 19.7 Å². The lowest BCUT2D eigenvalue weighted by atomic mass is 10.3. The Morgan fingerprint density at radius 3 is 2.68 bits per heavy atom. The highest BCUT2D eigenvalue weighted by atomic mass is 19.1. The zero-order chi connectivity index (χ0) is 15.5. The number of nitrogens with zero attached hydrogens (tertiary/aromatic N) is 4. The second kappa shape index (κ2) is 5.93. The molecule has 1 N–H and O–H groups in total. The molecule has 0 bridgehead atoms. The van der Waals surface area contributed by atoms with Gasteiger partial charge in [0.2, 0.25) is 0 Å². The standard InChI is InChI=1S/C16H16FN5/c1-3-13-15(17)16(19-10-18-13)20-14-9-22(21-11(14)2)12-7-5-4-6-8-12/h4-10H,3H2,1-2H3,(H,18,19,20). The summed E-state index contributed by atoms with van der Waals surface area (Å²) in [5, 5.41) is 7.43. The molecule has 0 saturated heterocycles. The Morgan fingerprint density at radius 1 is 1.18 bits per heavy atom. The van der Waals surface area contributed by atoms with Gasteiger partial charge >= 0.3 is 0 Å². The Bertz CT molecular complexity index is 782. The first kappa shape index (κ1) is 14.2. The first-order valence-corrected chi connectivity index (χ1v) is 7.07. The molecule has 5 nitrogen and oxygen atoms in total. The largest absolute Gasteiger partial charge is 0.335 e. The van der Waals surface area contributed by atoms with Gasteiger partial charge in [0, 0.05) is 0 Å². The number of halogens is 1. The minimum atomic E-state index is -0.420. The second-order valence-electron chi connectivity index (χ2n) is 4.87. The molecule has 0 saturated carbocycles. The average Bonchev–Trinajstić information content (AvgIpc) is 2.91. The van der Waals surface area contributed by atoms with E-state index in [-0.39, 0.29) is 5.82 Å². The van der Waals surface area contributed by atoms with Crippen LogP contribution in [0.15, 0.2) is 42.9 Å². The Morgan fingerprint density at radius 2 is 1.95 bits per heavy atom. The number of para-hydroxylation sites is 1. The van der Waals surface area contributed by atoms with E-state index in [0.29, 0.717) is 17.8 Å². The average molecular weight is 297 g/mol. The Hall–Kier alpha value is -2.76. The molecular weight excluding hydrogens is 281 g/mol. The second-order valence-corrected chi connectivity index (χ2v) is 4.87. The van der Waals surface area contributed by atoms with E-state index in [0.717, 1.165) is 11.4 Å². The fourth-order valence-electron chi connectivity index (χ4n) is 2.16. The quantitative estimate of drug-likeness (QED) is 0.801. The normalized spacial score (nSPS) is 10.7. The van der Waals surface area contributed by atoms with E-state index in [9.17, 15) is 4.39 Å². The van der Waals surface area contributed by atoms with Gasteiger partial charge in [-0.3, -0.25) is 0 Å². The molecule has 0 spiro atoms. The van der Waals surface area contributed by atoms with Crippen molar-refractivity contribution in [1.29, 1.82) is 0 Å². The summed E-state index contributed by atoms with van der Waals surface area (Å²) in [5.74, 6) is -0.251. The van der Waals surface area contributed by atoms with E-state index in [1.807, 2.05) is 50.4 Å². The van der Waals surface area contributed by atoms with Crippen LogP contribution in [0.2, 0.25) is 0 Å². The van der Waals surface area contributed by atoms with Gasteiger partial charge < -0.3 is 5.32 Å². The smallest absolute Gasteiger partial charge is 0.187 e. The van der Waals surface area contributed by atoms with Crippen LogP contribution in [0.25, 0.3) is 5.69 Å². The van der Waals surface area contributed by atoms with Crippen LogP contribution in [0.3, 0.4) is 0 Å². The van der Waals surface area contributed by atoms with Crippen LogP contribution in [0.1, 0.15) is 18.3 Å². The van der Waals surface area contributed by atoms with Gasteiger partial charge in [0.05, 0.1) is 29.0 Å². The third-order valence-corrected chi connectivity index (χ3v) is 3.37. The monoisotopic (exact) mass is 297 g/mol. The molecule has 0 fully saturated rings. The van der Waals surface area contributed by atoms with Crippen LogP contribution in [-0.4, -0.2) is 19.7 Å². The van der Waals surface area contributed by atoms with E-state index in [1.54, 1.807) is 4.68 Å². The van der Waals surface area contributed by atoms with E-state index in [4.69, 9.17) is 0 Å². The number of hydrogen-bond donors (Lipinski definition) is 1. The first-order chi connectivity index (χ1) is 10.7. The molecule has 22 heavy (non-hydrogen) atoms. The Balaban J connectivity index is 1.92. The molecule has 0 aliphatic carbocycles. The summed E-state index contributed by atoms with van der Waals surface area (Å²) in [7, 11) is 0. The fraction of sp³-hybridized carbons (Fsp3) is 0.188.